The second-order valence-corrected chi connectivity index (χ2v) is 3.66. The predicted molar refractivity (Wildman–Crippen MR) is 64.1 cm³/mol. The van der Waals surface area contributed by atoms with E-state index >= 15 is 0 Å². The second-order valence-electron chi connectivity index (χ2n) is 3.66. The molecule has 0 aliphatic carbocycles. The van der Waals surface area contributed by atoms with Crippen LogP contribution in [0.5, 0.6) is 0 Å². The first-order chi connectivity index (χ1) is 9.49. The number of aromatic nitrogens is 1. The average Bonchev–Trinajstić information content (AvgIpc) is 2.45. The van der Waals surface area contributed by atoms with Gasteiger partial charge >= 0.3 is 11.9 Å². The predicted octanol–water partition coefficient (Wildman–Crippen LogP) is 0.00890. The maximum Gasteiger partial charge on any atom is 0.325 e. The number of rotatable bonds is 5. The highest BCUT2D eigenvalue weighted by Crippen LogP contribution is 2.08. The van der Waals surface area contributed by atoms with Crippen molar-refractivity contribution in [3.63, 3.8) is 0 Å². The summed E-state index contributed by atoms with van der Waals surface area (Å²) in [6, 6.07) is 2.57. The van der Waals surface area contributed by atoms with Gasteiger partial charge in [0.2, 0.25) is 5.95 Å². The van der Waals surface area contributed by atoms with Crippen molar-refractivity contribution < 1.29 is 28.2 Å². The summed E-state index contributed by atoms with van der Waals surface area (Å²) in [5.41, 5.74) is -0.347. The Hall–Kier alpha value is -2.51. The molecule has 0 N–H and O–H groups in total. The SMILES string of the molecule is COC(=O)CN(CC(=O)OC)C(=O)c1cccnc1F. The minimum Gasteiger partial charge on any atom is -0.468 e. The number of carbonyl (C=O) groups is 3. The van der Waals surface area contributed by atoms with E-state index in [2.05, 4.69) is 14.5 Å². The number of hydrogen-bond acceptors (Lipinski definition) is 6. The maximum absolute atomic E-state index is 13.4. The van der Waals surface area contributed by atoms with E-state index in [1.165, 1.54) is 18.3 Å². The molecule has 0 aliphatic rings. The van der Waals surface area contributed by atoms with Gasteiger partial charge < -0.3 is 14.4 Å². The number of nitrogens with zero attached hydrogens (tertiary/aromatic N) is 2. The third-order valence-electron chi connectivity index (χ3n) is 2.37. The fourth-order valence-corrected chi connectivity index (χ4v) is 1.36. The molecule has 1 aromatic heterocycles. The van der Waals surface area contributed by atoms with E-state index in [4.69, 9.17) is 0 Å². The number of carbonyl (C=O) groups excluding carboxylic acids is 3. The molecule has 7 nitrogen and oxygen atoms in total. The van der Waals surface area contributed by atoms with E-state index in [0.29, 0.717) is 0 Å². The van der Waals surface area contributed by atoms with Crippen LogP contribution >= 0.6 is 0 Å². The summed E-state index contributed by atoms with van der Waals surface area (Å²) < 4.78 is 22.3. The molecule has 0 radical (unpaired) electrons. The van der Waals surface area contributed by atoms with Gasteiger partial charge in [0, 0.05) is 6.20 Å². The van der Waals surface area contributed by atoms with Gasteiger partial charge in [0.05, 0.1) is 19.8 Å². The van der Waals surface area contributed by atoms with Crippen molar-refractivity contribution in [3.8, 4) is 0 Å². The summed E-state index contributed by atoms with van der Waals surface area (Å²) in [5.74, 6) is -3.33. The van der Waals surface area contributed by atoms with E-state index < -0.39 is 36.9 Å². The minimum absolute atomic E-state index is 0.347. The molecule has 1 amide bonds. The number of hydrogen-bond donors (Lipinski definition) is 0. The first kappa shape index (κ1) is 15.5. The molecule has 1 rings (SSSR count). The normalized spacial score (nSPS) is 9.75. The van der Waals surface area contributed by atoms with Crippen LogP contribution in [0.1, 0.15) is 10.4 Å². The maximum atomic E-state index is 13.4. The Morgan fingerprint density at radius 3 is 2.20 bits per heavy atom. The average molecular weight is 284 g/mol. The summed E-state index contributed by atoms with van der Waals surface area (Å²) in [5, 5.41) is 0. The third-order valence-corrected chi connectivity index (χ3v) is 2.37. The molecule has 1 heterocycles. The zero-order chi connectivity index (χ0) is 15.1. The molecule has 8 heteroatoms. The molecule has 0 saturated carbocycles. The molecule has 0 bridgehead atoms. The summed E-state index contributed by atoms with van der Waals surface area (Å²) in [4.78, 5) is 38.7. The lowest BCUT2D eigenvalue weighted by molar-refractivity contribution is -0.144. The van der Waals surface area contributed by atoms with Gasteiger partial charge in [-0.05, 0) is 12.1 Å². The molecule has 1 aromatic rings. The van der Waals surface area contributed by atoms with E-state index in [-0.39, 0.29) is 5.56 Å². The number of ether oxygens (including phenoxy) is 2. The fourth-order valence-electron chi connectivity index (χ4n) is 1.36. The van der Waals surface area contributed by atoms with Gasteiger partial charge in [-0.25, -0.2) is 4.98 Å². The lowest BCUT2D eigenvalue weighted by atomic mass is 10.2. The smallest absolute Gasteiger partial charge is 0.325 e. The molecule has 0 saturated heterocycles. The van der Waals surface area contributed by atoms with Gasteiger partial charge in [0.15, 0.2) is 0 Å². The highest BCUT2D eigenvalue weighted by molar-refractivity contribution is 5.97. The molecule has 20 heavy (non-hydrogen) atoms. The number of pyridine rings is 1. The highest BCUT2D eigenvalue weighted by Gasteiger charge is 2.24. The van der Waals surface area contributed by atoms with Crippen LogP contribution in [0.4, 0.5) is 4.39 Å². The summed E-state index contributed by atoms with van der Waals surface area (Å²) >= 11 is 0. The summed E-state index contributed by atoms with van der Waals surface area (Å²) in [6.45, 7) is -1.00. The number of esters is 2. The Balaban J connectivity index is 2.97. The van der Waals surface area contributed by atoms with Crippen molar-refractivity contribution in [1.29, 1.82) is 0 Å². The van der Waals surface area contributed by atoms with Crippen molar-refractivity contribution in [2.45, 2.75) is 0 Å². The van der Waals surface area contributed by atoms with Crippen LogP contribution < -0.4 is 0 Å². The van der Waals surface area contributed by atoms with Crippen molar-refractivity contribution in [2.75, 3.05) is 27.3 Å². The second kappa shape index (κ2) is 7.17. The third kappa shape index (κ3) is 4.01. The van der Waals surface area contributed by atoms with Crippen molar-refractivity contribution in [1.82, 2.24) is 9.88 Å². The van der Waals surface area contributed by atoms with E-state index in [1.54, 1.807) is 0 Å². The zero-order valence-corrected chi connectivity index (χ0v) is 11.0. The minimum atomic E-state index is -0.989. The monoisotopic (exact) mass is 284 g/mol. The van der Waals surface area contributed by atoms with Crippen LogP contribution in [0.3, 0.4) is 0 Å². The molecule has 0 aromatic carbocycles. The summed E-state index contributed by atoms with van der Waals surface area (Å²) in [7, 11) is 2.27. The van der Waals surface area contributed by atoms with Gasteiger partial charge in [0.25, 0.3) is 5.91 Å². The Bertz CT molecular complexity index is 502. The highest BCUT2D eigenvalue weighted by atomic mass is 19.1. The Kier molecular flexibility index (Phi) is 5.57. The number of halogens is 1. The van der Waals surface area contributed by atoms with Crippen LogP contribution in [-0.2, 0) is 19.1 Å². The first-order valence-electron chi connectivity index (χ1n) is 5.53. The first-order valence-corrected chi connectivity index (χ1v) is 5.53. The molecule has 0 fully saturated rings. The fraction of sp³-hybridized carbons (Fsp3) is 0.333. The Morgan fingerprint density at radius 1 is 1.20 bits per heavy atom. The van der Waals surface area contributed by atoms with Gasteiger partial charge in [0.1, 0.15) is 13.1 Å². The molecular formula is C12H13FN2O5. The van der Waals surface area contributed by atoms with Crippen LogP contribution in [0, 0.1) is 5.95 Å². The molecule has 0 atom stereocenters. The van der Waals surface area contributed by atoms with Gasteiger partial charge in [-0.3, -0.25) is 14.4 Å². The van der Waals surface area contributed by atoms with Crippen LogP contribution in [0.15, 0.2) is 18.3 Å². The lowest BCUT2D eigenvalue weighted by Gasteiger charge is -2.20. The van der Waals surface area contributed by atoms with Crippen molar-refractivity contribution in [3.05, 3.63) is 29.8 Å². The topological polar surface area (TPSA) is 85.8 Å². The van der Waals surface area contributed by atoms with Crippen molar-refractivity contribution >= 4 is 17.8 Å². The largest absolute Gasteiger partial charge is 0.468 e. The Morgan fingerprint density at radius 2 is 1.75 bits per heavy atom. The van der Waals surface area contributed by atoms with E-state index in [1.807, 2.05) is 0 Å². The molecule has 0 unspecified atom stereocenters. The molecular weight excluding hydrogens is 271 g/mol. The number of methoxy groups -OCH3 is 2. The van der Waals surface area contributed by atoms with Crippen LogP contribution in [-0.4, -0.2) is 55.0 Å². The molecule has 0 spiro atoms. The summed E-state index contributed by atoms with van der Waals surface area (Å²) in [6.07, 6.45) is 1.18. The van der Waals surface area contributed by atoms with Crippen molar-refractivity contribution in [2.24, 2.45) is 0 Å². The lowest BCUT2D eigenvalue weighted by Crippen LogP contribution is -2.40. The van der Waals surface area contributed by atoms with Gasteiger partial charge in [-0.1, -0.05) is 0 Å². The Labute approximate surface area is 114 Å². The zero-order valence-electron chi connectivity index (χ0n) is 11.0. The van der Waals surface area contributed by atoms with E-state index in [0.717, 1.165) is 19.1 Å². The van der Waals surface area contributed by atoms with Gasteiger partial charge in [-0.2, -0.15) is 4.39 Å². The van der Waals surface area contributed by atoms with Crippen LogP contribution in [0.25, 0.3) is 0 Å². The number of amides is 1. The standard InChI is InChI=1S/C12H13FN2O5/c1-19-9(16)6-15(7-10(17)20-2)12(18)8-4-3-5-14-11(8)13/h3-5H,6-7H2,1-2H3. The van der Waals surface area contributed by atoms with E-state index in [9.17, 15) is 18.8 Å². The van der Waals surface area contributed by atoms with Crippen LogP contribution in [0.2, 0.25) is 0 Å². The molecule has 108 valence electrons. The quantitative estimate of drug-likeness (QED) is 0.559. The van der Waals surface area contributed by atoms with Gasteiger partial charge in [-0.15, -0.1) is 0 Å². The molecule has 0 aliphatic heterocycles.